The maximum absolute atomic E-state index is 13.5. The van der Waals surface area contributed by atoms with E-state index in [0.29, 0.717) is 18.5 Å². The Balaban J connectivity index is 1.30. The van der Waals surface area contributed by atoms with Crippen molar-refractivity contribution in [1.82, 2.24) is 9.88 Å². The van der Waals surface area contributed by atoms with Crippen LogP contribution in [0.2, 0.25) is 0 Å². The number of amides is 1. The van der Waals surface area contributed by atoms with Gasteiger partial charge in [-0.15, -0.1) is 0 Å². The van der Waals surface area contributed by atoms with Crippen LogP contribution in [0.3, 0.4) is 0 Å². The van der Waals surface area contributed by atoms with Gasteiger partial charge in [-0.1, -0.05) is 36.8 Å². The molecule has 6 nitrogen and oxygen atoms in total. The number of ketones is 1. The van der Waals surface area contributed by atoms with E-state index in [-0.39, 0.29) is 18.5 Å². The molecule has 2 heterocycles. The van der Waals surface area contributed by atoms with Gasteiger partial charge >= 0.3 is 6.09 Å². The van der Waals surface area contributed by atoms with Crippen LogP contribution in [0.25, 0.3) is 10.9 Å². The molecule has 172 valence electrons. The Kier molecular flexibility index (Phi) is 6.33. The first-order chi connectivity index (χ1) is 16.2. The number of fused-ring (bicyclic) bond motifs is 1. The van der Waals surface area contributed by atoms with Gasteiger partial charge in [0.25, 0.3) is 0 Å². The Morgan fingerprint density at radius 2 is 1.79 bits per heavy atom. The van der Waals surface area contributed by atoms with Gasteiger partial charge < -0.3 is 14.5 Å². The summed E-state index contributed by atoms with van der Waals surface area (Å²) in [5.41, 5.74) is 2.42. The number of nitrogens with one attached hydrogen (secondary N) is 1. The molecule has 1 saturated heterocycles. The van der Waals surface area contributed by atoms with Crippen molar-refractivity contribution >= 4 is 22.8 Å². The van der Waals surface area contributed by atoms with E-state index in [4.69, 9.17) is 9.47 Å². The van der Waals surface area contributed by atoms with Gasteiger partial charge in [-0.3, -0.25) is 9.69 Å². The van der Waals surface area contributed by atoms with Gasteiger partial charge in [0.05, 0.1) is 12.1 Å². The number of hydrogen-bond acceptors (Lipinski definition) is 4. The van der Waals surface area contributed by atoms with Crippen LogP contribution >= 0.6 is 0 Å². The summed E-state index contributed by atoms with van der Waals surface area (Å²) in [7, 11) is 0. The van der Waals surface area contributed by atoms with Crippen molar-refractivity contribution in [2.75, 3.05) is 6.54 Å². The fourth-order valence-electron chi connectivity index (χ4n) is 4.99. The zero-order valence-electron chi connectivity index (χ0n) is 18.8. The van der Waals surface area contributed by atoms with E-state index in [2.05, 4.69) is 4.98 Å². The average Bonchev–Trinajstić information content (AvgIpc) is 3.51. The number of Topliss-reactive ketones (excluding diaryl/α,β-unsaturated/α-hetero) is 1. The van der Waals surface area contributed by atoms with Crippen LogP contribution in [0.5, 0.6) is 5.75 Å². The highest BCUT2D eigenvalue weighted by atomic mass is 16.6. The lowest BCUT2D eigenvalue weighted by molar-refractivity contribution is 0.0739. The molecule has 0 spiro atoms. The third-order valence-electron chi connectivity index (χ3n) is 6.77. The number of aromatic nitrogens is 1. The highest BCUT2D eigenvalue weighted by Crippen LogP contribution is 2.30. The molecule has 33 heavy (non-hydrogen) atoms. The third-order valence-corrected chi connectivity index (χ3v) is 6.77. The average molecular weight is 447 g/mol. The van der Waals surface area contributed by atoms with Crippen molar-refractivity contribution in [3.63, 3.8) is 0 Å². The molecule has 1 aliphatic heterocycles. The Morgan fingerprint density at radius 1 is 0.970 bits per heavy atom. The smallest absolute Gasteiger partial charge is 0.410 e. The van der Waals surface area contributed by atoms with E-state index < -0.39 is 12.1 Å². The van der Waals surface area contributed by atoms with Crippen molar-refractivity contribution in [2.45, 2.75) is 63.7 Å². The number of hydrogen-bond donors (Lipinski definition) is 1. The van der Waals surface area contributed by atoms with Crippen LogP contribution in [0, 0.1) is 0 Å². The molecule has 1 unspecified atom stereocenters. The quantitative estimate of drug-likeness (QED) is 0.481. The number of carbonyl (C=O) groups is 2. The second kappa shape index (κ2) is 9.69. The lowest BCUT2D eigenvalue weighted by Gasteiger charge is -2.23. The molecule has 2 aromatic carbocycles. The topological polar surface area (TPSA) is 71.6 Å². The lowest BCUT2D eigenvalue weighted by Crippen LogP contribution is -2.40. The molecular formula is C27H30N2O4. The lowest BCUT2D eigenvalue weighted by atomic mass is 9.97. The van der Waals surface area contributed by atoms with Crippen LogP contribution in [0.1, 0.15) is 60.9 Å². The van der Waals surface area contributed by atoms with Crippen molar-refractivity contribution in [3.05, 3.63) is 65.9 Å². The second-order valence-corrected chi connectivity index (χ2v) is 9.04. The van der Waals surface area contributed by atoms with Crippen LogP contribution < -0.4 is 4.74 Å². The Labute approximate surface area is 193 Å². The molecule has 2 fully saturated rings. The molecule has 0 radical (unpaired) electrons. The molecule has 6 heteroatoms. The molecule has 5 rings (SSSR count). The molecule has 3 aromatic rings. The van der Waals surface area contributed by atoms with E-state index in [9.17, 15) is 9.59 Å². The normalized spacial score (nSPS) is 19.0. The Bertz CT molecular complexity index is 1120. The molecule has 0 bridgehead atoms. The van der Waals surface area contributed by atoms with E-state index in [0.717, 1.165) is 41.5 Å². The van der Waals surface area contributed by atoms with Gasteiger partial charge in [-0.25, -0.2) is 4.79 Å². The predicted octanol–water partition coefficient (Wildman–Crippen LogP) is 5.86. The molecule has 1 aliphatic carbocycles. The number of benzene rings is 2. The standard InChI is InChI=1S/C27H30N2O4/c30-26(25-12-7-15-29(25)27(31)32-18-19-8-3-1-4-9-19)23-17-28-24-14-13-21(16-22(23)24)33-20-10-5-2-6-11-20/h1,3-4,8-9,13-14,16-17,20,25,28H,2,5-7,10-12,15,18H2. The summed E-state index contributed by atoms with van der Waals surface area (Å²) in [6, 6.07) is 15.0. The molecule has 1 saturated carbocycles. The molecule has 1 amide bonds. The predicted molar refractivity (Wildman–Crippen MR) is 126 cm³/mol. The minimum Gasteiger partial charge on any atom is -0.490 e. The monoisotopic (exact) mass is 446 g/mol. The number of likely N-dealkylation sites (tertiary alicyclic amines) is 1. The summed E-state index contributed by atoms with van der Waals surface area (Å²) in [4.78, 5) is 31.0. The van der Waals surface area contributed by atoms with E-state index in [1.807, 2.05) is 48.5 Å². The fraction of sp³-hybridized carbons (Fsp3) is 0.407. The van der Waals surface area contributed by atoms with E-state index in [1.54, 1.807) is 11.1 Å². The third kappa shape index (κ3) is 4.75. The van der Waals surface area contributed by atoms with Gasteiger partial charge in [0.1, 0.15) is 12.4 Å². The number of nitrogens with zero attached hydrogens (tertiary/aromatic N) is 1. The van der Waals surface area contributed by atoms with Crippen molar-refractivity contribution in [1.29, 1.82) is 0 Å². The zero-order valence-corrected chi connectivity index (χ0v) is 18.8. The summed E-state index contributed by atoms with van der Waals surface area (Å²) in [6.07, 6.45) is 8.86. The zero-order chi connectivity index (χ0) is 22.6. The van der Waals surface area contributed by atoms with Crippen LogP contribution in [-0.4, -0.2) is 40.5 Å². The Hall–Kier alpha value is -3.28. The first-order valence-electron chi connectivity index (χ1n) is 12.0. The molecule has 1 aromatic heterocycles. The summed E-state index contributed by atoms with van der Waals surface area (Å²) >= 11 is 0. The van der Waals surface area contributed by atoms with Crippen LogP contribution in [0.15, 0.2) is 54.7 Å². The van der Waals surface area contributed by atoms with Crippen LogP contribution in [0.4, 0.5) is 4.79 Å². The largest absolute Gasteiger partial charge is 0.490 e. The summed E-state index contributed by atoms with van der Waals surface area (Å²) < 4.78 is 11.7. The number of ether oxygens (including phenoxy) is 2. The minimum atomic E-state index is -0.504. The minimum absolute atomic E-state index is 0.0507. The first-order valence-corrected chi connectivity index (χ1v) is 12.0. The number of rotatable bonds is 6. The van der Waals surface area contributed by atoms with E-state index in [1.165, 1.54) is 19.3 Å². The molecular weight excluding hydrogens is 416 g/mol. The molecule has 1 atom stereocenters. The summed E-state index contributed by atoms with van der Waals surface area (Å²) in [5.74, 6) is 0.749. The maximum Gasteiger partial charge on any atom is 0.410 e. The van der Waals surface area contributed by atoms with Gasteiger partial charge in [-0.2, -0.15) is 0 Å². The van der Waals surface area contributed by atoms with Gasteiger partial charge in [0.15, 0.2) is 5.78 Å². The fourth-order valence-corrected chi connectivity index (χ4v) is 4.99. The molecule has 1 N–H and O–H groups in total. The first kappa shape index (κ1) is 21.6. The van der Waals surface area contributed by atoms with Crippen molar-refractivity contribution in [3.8, 4) is 5.75 Å². The van der Waals surface area contributed by atoms with Gasteiger partial charge in [0.2, 0.25) is 0 Å². The summed E-state index contributed by atoms with van der Waals surface area (Å²) in [5, 5.41) is 0.845. The van der Waals surface area contributed by atoms with Gasteiger partial charge in [-0.05, 0) is 62.3 Å². The maximum atomic E-state index is 13.5. The number of aromatic amines is 1. The highest BCUT2D eigenvalue weighted by Gasteiger charge is 2.36. The second-order valence-electron chi connectivity index (χ2n) is 9.04. The van der Waals surface area contributed by atoms with E-state index >= 15 is 0 Å². The highest BCUT2D eigenvalue weighted by molar-refractivity contribution is 6.11. The van der Waals surface area contributed by atoms with Crippen LogP contribution in [-0.2, 0) is 11.3 Å². The molecule has 2 aliphatic rings. The SMILES string of the molecule is O=C(c1c[nH]c2ccc(OC3CCCCC3)cc12)C1CCCN1C(=O)OCc1ccccc1. The summed E-state index contributed by atoms with van der Waals surface area (Å²) in [6.45, 7) is 0.731. The van der Waals surface area contributed by atoms with Gasteiger partial charge in [0, 0.05) is 29.2 Å². The number of carbonyl (C=O) groups excluding carboxylic acids is 2. The Morgan fingerprint density at radius 3 is 2.61 bits per heavy atom. The van der Waals surface area contributed by atoms with Crippen molar-refractivity contribution < 1.29 is 19.1 Å². The van der Waals surface area contributed by atoms with Crippen molar-refractivity contribution in [2.24, 2.45) is 0 Å². The number of H-pyrrole nitrogens is 1.